The van der Waals surface area contributed by atoms with E-state index in [-0.39, 0.29) is 12.0 Å². The van der Waals surface area contributed by atoms with Gasteiger partial charge >= 0.3 is 12.1 Å². The second-order valence-corrected chi connectivity index (χ2v) is 12.0. The summed E-state index contributed by atoms with van der Waals surface area (Å²) >= 11 is 0. The van der Waals surface area contributed by atoms with Crippen LogP contribution in [0.5, 0.6) is 0 Å². The monoisotopic (exact) mass is 544 g/mol. The van der Waals surface area contributed by atoms with Crippen LogP contribution >= 0.6 is 0 Å². The first-order valence-electron chi connectivity index (χ1n) is 13.4. The Kier molecular flexibility index (Phi) is 6.81. The first kappa shape index (κ1) is 27.2. The van der Waals surface area contributed by atoms with Crippen molar-refractivity contribution >= 4 is 47.1 Å². The third-order valence-electron chi connectivity index (χ3n) is 7.85. The van der Waals surface area contributed by atoms with E-state index in [1.807, 2.05) is 20.8 Å². The lowest BCUT2D eigenvalue weighted by atomic mass is 9.62. The molecule has 1 aliphatic carbocycles. The van der Waals surface area contributed by atoms with Gasteiger partial charge in [0.2, 0.25) is 23.6 Å². The van der Waals surface area contributed by atoms with E-state index in [4.69, 9.17) is 0 Å². The maximum atomic E-state index is 13.6. The van der Waals surface area contributed by atoms with Gasteiger partial charge in [-0.05, 0) is 54.4 Å². The van der Waals surface area contributed by atoms with E-state index >= 15 is 0 Å². The van der Waals surface area contributed by atoms with E-state index in [0.717, 1.165) is 14.7 Å². The standard InChI is InChI=1S/C30H32N4O6/c1-29(2)16-22(34-26(38)15-25(37)33(28(34)40)21-12-8-5-9-13-21)17-30(3,18-29)19-31-23(35)14-24(36)32(27(31)39)20-10-6-4-7-11-20/h4-13,22H,14-19H2,1-3H3. The number of amides is 8. The van der Waals surface area contributed by atoms with Gasteiger partial charge in [-0.15, -0.1) is 0 Å². The van der Waals surface area contributed by atoms with E-state index in [9.17, 15) is 28.8 Å². The highest BCUT2D eigenvalue weighted by molar-refractivity contribution is 6.27. The van der Waals surface area contributed by atoms with Crippen LogP contribution in [-0.2, 0) is 19.2 Å². The first-order valence-corrected chi connectivity index (χ1v) is 13.4. The zero-order chi connectivity index (χ0) is 28.8. The maximum Gasteiger partial charge on any atom is 0.338 e. The van der Waals surface area contributed by atoms with E-state index < -0.39 is 60.0 Å². The van der Waals surface area contributed by atoms with E-state index in [1.165, 1.54) is 4.90 Å². The SMILES string of the molecule is CC1(C)CC(N2C(=O)CC(=O)N(c3ccccc3)C2=O)CC(C)(CN2C(=O)CC(=O)N(c3ccccc3)C2=O)C1. The van der Waals surface area contributed by atoms with Crippen molar-refractivity contribution in [1.82, 2.24) is 9.80 Å². The molecule has 0 radical (unpaired) electrons. The van der Waals surface area contributed by atoms with Crippen molar-refractivity contribution in [2.75, 3.05) is 16.3 Å². The van der Waals surface area contributed by atoms with Gasteiger partial charge in [0, 0.05) is 12.6 Å². The van der Waals surface area contributed by atoms with Crippen molar-refractivity contribution in [3.05, 3.63) is 60.7 Å². The van der Waals surface area contributed by atoms with Crippen molar-refractivity contribution in [3.8, 4) is 0 Å². The minimum atomic E-state index is -0.709. The molecule has 5 rings (SSSR count). The Labute approximate surface area is 232 Å². The molecular formula is C30H32N4O6. The Morgan fingerprint density at radius 1 is 0.650 bits per heavy atom. The summed E-state index contributed by atoms with van der Waals surface area (Å²) in [6.07, 6.45) is 0.602. The number of imide groups is 4. The highest BCUT2D eigenvalue weighted by Crippen LogP contribution is 2.49. The Hall–Kier alpha value is -4.34. The molecule has 2 aromatic carbocycles. The van der Waals surface area contributed by atoms with Crippen LogP contribution in [0, 0.1) is 10.8 Å². The van der Waals surface area contributed by atoms with E-state index in [2.05, 4.69) is 0 Å². The molecule has 10 nitrogen and oxygen atoms in total. The molecule has 0 aromatic heterocycles. The second-order valence-electron chi connectivity index (χ2n) is 12.0. The number of nitrogens with zero attached hydrogens (tertiary/aromatic N) is 4. The average Bonchev–Trinajstić information content (AvgIpc) is 2.86. The Morgan fingerprint density at radius 3 is 1.70 bits per heavy atom. The summed E-state index contributed by atoms with van der Waals surface area (Å²) in [4.78, 5) is 83.1. The summed E-state index contributed by atoms with van der Waals surface area (Å²) in [5, 5.41) is 0. The summed E-state index contributed by atoms with van der Waals surface area (Å²) < 4.78 is 0. The largest absolute Gasteiger partial charge is 0.338 e. The summed E-state index contributed by atoms with van der Waals surface area (Å²) in [6.45, 7) is 6.01. The van der Waals surface area contributed by atoms with Gasteiger partial charge in [0.1, 0.15) is 12.8 Å². The third-order valence-corrected chi connectivity index (χ3v) is 7.85. The number of carbonyl (C=O) groups excluding carboxylic acids is 6. The fourth-order valence-corrected chi connectivity index (χ4v) is 6.69. The molecule has 3 fully saturated rings. The number of benzene rings is 2. The van der Waals surface area contributed by atoms with E-state index in [1.54, 1.807) is 60.7 Å². The molecule has 8 amide bonds. The van der Waals surface area contributed by atoms with Gasteiger partial charge < -0.3 is 0 Å². The number of rotatable bonds is 5. The molecule has 1 saturated carbocycles. The van der Waals surface area contributed by atoms with Crippen molar-refractivity contribution in [3.63, 3.8) is 0 Å². The lowest BCUT2D eigenvalue weighted by Crippen LogP contribution is -2.62. The predicted octanol–water partition coefficient (Wildman–Crippen LogP) is 4.34. The Bertz CT molecular complexity index is 1390. The fourth-order valence-electron chi connectivity index (χ4n) is 6.69. The Balaban J connectivity index is 1.42. The number of carbonyl (C=O) groups is 6. The molecular weight excluding hydrogens is 512 g/mol. The molecule has 2 saturated heterocycles. The second kappa shape index (κ2) is 10.0. The van der Waals surface area contributed by atoms with Gasteiger partial charge in [0.25, 0.3) is 0 Å². The molecule has 208 valence electrons. The summed E-state index contributed by atoms with van der Waals surface area (Å²) in [7, 11) is 0. The Morgan fingerprint density at radius 2 is 1.15 bits per heavy atom. The molecule has 2 unspecified atom stereocenters. The van der Waals surface area contributed by atoms with Crippen LogP contribution in [0.4, 0.5) is 21.0 Å². The normalized spacial score (nSPS) is 25.6. The molecule has 10 heteroatoms. The van der Waals surface area contributed by atoms with Crippen LogP contribution in [0.2, 0.25) is 0 Å². The zero-order valence-corrected chi connectivity index (χ0v) is 22.8. The zero-order valence-electron chi connectivity index (χ0n) is 22.8. The van der Waals surface area contributed by atoms with Crippen LogP contribution < -0.4 is 9.80 Å². The molecule has 2 heterocycles. The summed E-state index contributed by atoms with van der Waals surface area (Å²) in [6, 6.07) is 15.0. The van der Waals surface area contributed by atoms with Gasteiger partial charge in [-0.25, -0.2) is 19.4 Å². The maximum absolute atomic E-state index is 13.6. The lowest BCUT2D eigenvalue weighted by molar-refractivity contribution is -0.141. The van der Waals surface area contributed by atoms with Gasteiger partial charge in [-0.2, -0.15) is 0 Å². The van der Waals surface area contributed by atoms with Crippen LogP contribution in [0.3, 0.4) is 0 Å². The van der Waals surface area contributed by atoms with Crippen molar-refractivity contribution in [2.24, 2.45) is 10.8 Å². The number of para-hydroxylation sites is 2. The van der Waals surface area contributed by atoms with Gasteiger partial charge in [-0.1, -0.05) is 57.2 Å². The quantitative estimate of drug-likeness (QED) is 0.517. The third kappa shape index (κ3) is 5.01. The first-order chi connectivity index (χ1) is 18.9. The predicted molar refractivity (Wildman–Crippen MR) is 146 cm³/mol. The van der Waals surface area contributed by atoms with Crippen molar-refractivity contribution in [2.45, 2.75) is 58.9 Å². The van der Waals surface area contributed by atoms with Gasteiger partial charge in [0.15, 0.2) is 0 Å². The van der Waals surface area contributed by atoms with Gasteiger partial charge in [0.05, 0.1) is 11.4 Å². The van der Waals surface area contributed by atoms with Crippen LogP contribution in [0.1, 0.15) is 52.9 Å². The molecule has 2 atom stereocenters. The smallest absolute Gasteiger partial charge is 0.274 e. The fraction of sp³-hybridized carbons (Fsp3) is 0.400. The minimum Gasteiger partial charge on any atom is -0.274 e. The molecule has 0 N–H and O–H groups in total. The lowest BCUT2D eigenvalue weighted by Gasteiger charge is -2.51. The average molecular weight is 545 g/mol. The van der Waals surface area contributed by atoms with E-state index in [0.29, 0.717) is 30.6 Å². The van der Waals surface area contributed by atoms with Crippen LogP contribution in [-0.4, -0.2) is 58.1 Å². The molecule has 0 spiro atoms. The van der Waals surface area contributed by atoms with Crippen LogP contribution in [0.15, 0.2) is 60.7 Å². The summed E-state index contributed by atoms with van der Waals surface area (Å²) in [5.41, 5.74) is -0.242. The minimum absolute atomic E-state index is 0.0265. The number of barbiturate groups is 2. The molecule has 2 aromatic rings. The summed E-state index contributed by atoms with van der Waals surface area (Å²) in [5.74, 6) is -2.29. The molecule has 0 bridgehead atoms. The van der Waals surface area contributed by atoms with Crippen LogP contribution in [0.25, 0.3) is 0 Å². The molecule has 40 heavy (non-hydrogen) atoms. The van der Waals surface area contributed by atoms with Crippen molar-refractivity contribution < 1.29 is 28.8 Å². The highest BCUT2D eigenvalue weighted by Gasteiger charge is 2.51. The number of urea groups is 2. The molecule has 2 aliphatic heterocycles. The number of hydrogen-bond acceptors (Lipinski definition) is 6. The number of hydrogen-bond donors (Lipinski definition) is 0. The highest BCUT2D eigenvalue weighted by atomic mass is 16.2. The van der Waals surface area contributed by atoms with Gasteiger partial charge in [-0.3, -0.25) is 29.0 Å². The van der Waals surface area contributed by atoms with Crippen molar-refractivity contribution in [1.29, 1.82) is 0 Å². The molecule has 3 aliphatic rings. The number of anilines is 2. The topological polar surface area (TPSA) is 115 Å².